The Labute approximate surface area is 196 Å². The summed E-state index contributed by atoms with van der Waals surface area (Å²) in [5.74, 6) is 0.828. The van der Waals surface area contributed by atoms with Gasteiger partial charge in [0.2, 0.25) is 0 Å². The first-order valence-corrected chi connectivity index (χ1v) is 11.6. The number of anilines is 1. The highest BCUT2D eigenvalue weighted by Crippen LogP contribution is 2.53. The summed E-state index contributed by atoms with van der Waals surface area (Å²) in [5.41, 5.74) is 3.98. The number of aryl methyl sites for hydroxylation is 1. The zero-order valence-electron chi connectivity index (χ0n) is 18.1. The highest BCUT2D eigenvalue weighted by molar-refractivity contribution is 6.30. The van der Waals surface area contributed by atoms with Crippen LogP contribution in [0.25, 0.3) is 0 Å². The van der Waals surface area contributed by atoms with E-state index in [1.807, 2.05) is 19.2 Å². The van der Waals surface area contributed by atoms with Crippen molar-refractivity contribution in [2.75, 3.05) is 5.32 Å². The van der Waals surface area contributed by atoms with E-state index in [-0.39, 0.29) is 11.7 Å². The van der Waals surface area contributed by atoms with Crippen LogP contribution >= 0.6 is 11.6 Å². The minimum Gasteiger partial charge on any atom is -0.380 e. The van der Waals surface area contributed by atoms with E-state index in [1.165, 1.54) is 24.3 Å². The maximum absolute atomic E-state index is 13.2. The molecule has 0 saturated heterocycles. The minimum absolute atomic E-state index is 0.208. The lowest BCUT2D eigenvalue weighted by atomic mass is 9.62. The van der Waals surface area contributed by atoms with E-state index in [1.54, 1.807) is 0 Å². The van der Waals surface area contributed by atoms with E-state index in [2.05, 4.69) is 26.7 Å². The lowest BCUT2D eigenvalue weighted by Crippen LogP contribution is -2.50. The molecule has 1 amide bonds. The van der Waals surface area contributed by atoms with Crippen LogP contribution < -0.4 is 10.6 Å². The Bertz CT molecular complexity index is 1260. The standard InChI is InChI=1S/C25H23ClFN5O/c1-13-28-12-15(23(26)29-13)10-17-18-11-20(17)30-19-6-7-21(31-22(18)19)25(8-9-25)32-24(33)14-2-4-16(27)5-3-14/h2-7,12,17-18,20,30H,8-11H2,1H3,(H,32,33). The number of hydrogen-bond acceptors (Lipinski definition) is 5. The second kappa shape index (κ2) is 7.48. The number of hydrogen-bond donors (Lipinski definition) is 2. The molecule has 2 aromatic heterocycles. The van der Waals surface area contributed by atoms with E-state index >= 15 is 0 Å². The summed E-state index contributed by atoms with van der Waals surface area (Å²) in [5, 5.41) is 7.29. The molecule has 33 heavy (non-hydrogen) atoms. The van der Waals surface area contributed by atoms with Crippen LogP contribution in [0.15, 0.2) is 42.6 Å². The van der Waals surface area contributed by atoms with Gasteiger partial charge in [-0.2, -0.15) is 0 Å². The van der Waals surface area contributed by atoms with Crippen molar-refractivity contribution >= 4 is 23.2 Å². The van der Waals surface area contributed by atoms with Crippen molar-refractivity contribution in [2.24, 2.45) is 5.92 Å². The predicted molar refractivity (Wildman–Crippen MR) is 123 cm³/mol. The molecule has 168 valence electrons. The molecule has 4 aliphatic rings. The van der Waals surface area contributed by atoms with Crippen LogP contribution in [-0.4, -0.2) is 26.9 Å². The molecule has 1 aromatic carbocycles. The zero-order chi connectivity index (χ0) is 22.7. The van der Waals surface area contributed by atoms with E-state index < -0.39 is 5.54 Å². The van der Waals surface area contributed by atoms with Crippen molar-refractivity contribution in [2.45, 2.75) is 50.1 Å². The first kappa shape index (κ1) is 20.5. The van der Waals surface area contributed by atoms with Gasteiger partial charge in [0, 0.05) is 29.3 Å². The van der Waals surface area contributed by atoms with E-state index in [9.17, 15) is 9.18 Å². The molecule has 2 bridgehead atoms. The number of amides is 1. The van der Waals surface area contributed by atoms with Gasteiger partial charge in [-0.3, -0.25) is 9.78 Å². The van der Waals surface area contributed by atoms with Gasteiger partial charge < -0.3 is 10.6 Å². The lowest BCUT2D eigenvalue weighted by molar-refractivity contribution is 0.0929. The molecule has 0 spiro atoms. The molecule has 6 nitrogen and oxygen atoms in total. The lowest BCUT2D eigenvalue weighted by Gasteiger charge is -2.50. The molecule has 2 N–H and O–H groups in total. The second-order valence-corrected chi connectivity index (χ2v) is 9.72. The van der Waals surface area contributed by atoms with Crippen LogP contribution in [0.1, 0.15) is 58.3 Å². The average molecular weight is 464 g/mol. The molecular formula is C25H23ClFN5O. The number of rotatable bonds is 5. The van der Waals surface area contributed by atoms with Crippen molar-refractivity contribution in [3.8, 4) is 0 Å². The second-order valence-electron chi connectivity index (χ2n) is 9.37. The molecule has 2 aliphatic heterocycles. The molecule has 2 saturated carbocycles. The smallest absolute Gasteiger partial charge is 0.252 e. The quantitative estimate of drug-likeness (QED) is 0.543. The fourth-order valence-corrected chi connectivity index (χ4v) is 5.39. The molecule has 2 fully saturated rings. The van der Waals surface area contributed by atoms with Gasteiger partial charge >= 0.3 is 0 Å². The van der Waals surface area contributed by atoms with Crippen molar-refractivity contribution < 1.29 is 9.18 Å². The van der Waals surface area contributed by atoms with Crippen molar-refractivity contribution in [1.82, 2.24) is 20.3 Å². The molecule has 3 atom stereocenters. The Kier molecular flexibility index (Phi) is 4.66. The number of halogens is 2. The van der Waals surface area contributed by atoms with Gasteiger partial charge in [0.15, 0.2) is 0 Å². The van der Waals surface area contributed by atoms with Crippen LogP contribution in [0, 0.1) is 18.7 Å². The van der Waals surface area contributed by atoms with Crippen molar-refractivity contribution in [3.05, 3.63) is 81.9 Å². The fourth-order valence-electron chi connectivity index (χ4n) is 5.14. The van der Waals surface area contributed by atoms with Gasteiger partial charge in [-0.25, -0.2) is 14.4 Å². The number of carbonyl (C=O) groups excluding carboxylic acids is 1. The molecule has 8 heteroatoms. The molecule has 3 aromatic rings. The van der Waals surface area contributed by atoms with Gasteiger partial charge in [0.25, 0.3) is 5.91 Å². The number of aromatic nitrogens is 3. The molecule has 3 unspecified atom stereocenters. The third kappa shape index (κ3) is 3.55. The van der Waals surface area contributed by atoms with Crippen LogP contribution in [-0.2, 0) is 12.0 Å². The Hall–Kier alpha value is -3.06. The van der Waals surface area contributed by atoms with Crippen LogP contribution in [0.5, 0.6) is 0 Å². The summed E-state index contributed by atoms with van der Waals surface area (Å²) in [7, 11) is 0. The monoisotopic (exact) mass is 463 g/mol. The number of benzene rings is 1. The van der Waals surface area contributed by atoms with Crippen molar-refractivity contribution in [1.29, 1.82) is 0 Å². The predicted octanol–water partition coefficient (Wildman–Crippen LogP) is 4.53. The Morgan fingerprint density at radius 1 is 1.21 bits per heavy atom. The Morgan fingerprint density at radius 2 is 2.00 bits per heavy atom. The highest BCUT2D eigenvalue weighted by Gasteiger charge is 2.51. The van der Waals surface area contributed by atoms with Crippen LogP contribution in [0.3, 0.4) is 0 Å². The first-order valence-electron chi connectivity index (χ1n) is 11.3. The zero-order valence-corrected chi connectivity index (χ0v) is 18.9. The van der Waals surface area contributed by atoms with Gasteiger partial charge in [0.05, 0.1) is 22.6 Å². The molecule has 2 aliphatic carbocycles. The average Bonchev–Trinajstić information content (AvgIpc) is 3.58. The van der Waals surface area contributed by atoms with E-state index in [0.29, 0.717) is 34.4 Å². The normalized spacial score (nSPS) is 23.7. The third-order valence-corrected chi connectivity index (χ3v) is 7.57. The van der Waals surface area contributed by atoms with Gasteiger partial charge in [-0.15, -0.1) is 0 Å². The Morgan fingerprint density at radius 3 is 2.73 bits per heavy atom. The number of carbonyl (C=O) groups is 1. The largest absolute Gasteiger partial charge is 0.380 e. The van der Waals surface area contributed by atoms with E-state index in [0.717, 1.165) is 48.3 Å². The molecular weight excluding hydrogens is 441 g/mol. The summed E-state index contributed by atoms with van der Waals surface area (Å²) >= 11 is 6.36. The van der Waals surface area contributed by atoms with Crippen LogP contribution in [0.4, 0.5) is 10.1 Å². The maximum Gasteiger partial charge on any atom is 0.252 e. The first-order chi connectivity index (χ1) is 15.9. The summed E-state index contributed by atoms with van der Waals surface area (Å²) in [6.45, 7) is 1.83. The summed E-state index contributed by atoms with van der Waals surface area (Å²) in [6.07, 6.45) is 5.35. The fraction of sp³-hybridized carbons (Fsp3) is 0.360. The minimum atomic E-state index is -0.454. The third-order valence-electron chi connectivity index (χ3n) is 7.25. The van der Waals surface area contributed by atoms with Gasteiger partial charge in [-0.05, 0) is 74.9 Å². The van der Waals surface area contributed by atoms with Gasteiger partial charge in [-0.1, -0.05) is 11.6 Å². The highest BCUT2D eigenvalue weighted by atomic mass is 35.5. The molecule has 7 rings (SSSR count). The Balaban J connectivity index is 1.23. The SMILES string of the molecule is Cc1ncc(CC2C3CC2c2nc(C4(NC(=O)c5ccc(F)cc5)CC4)ccc2N3)c(Cl)n1. The van der Waals surface area contributed by atoms with E-state index in [4.69, 9.17) is 16.6 Å². The summed E-state index contributed by atoms with van der Waals surface area (Å²) < 4.78 is 13.2. The van der Waals surface area contributed by atoms with Gasteiger partial charge in [0.1, 0.15) is 16.8 Å². The maximum atomic E-state index is 13.2. The summed E-state index contributed by atoms with van der Waals surface area (Å²) in [6, 6.07) is 10.1. The number of nitrogens with one attached hydrogen (secondary N) is 2. The molecule has 4 heterocycles. The van der Waals surface area contributed by atoms with Crippen molar-refractivity contribution in [3.63, 3.8) is 0 Å². The van der Waals surface area contributed by atoms with Crippen LogP contribution in [0.2, 0.25) is 5.15 Å². The topological polar surface area (TPSA) is 79.8 Å². The number of nitrogens with zero attached hydrogens (tertiary/aromatic N) is 3. The molecule has 0 radical (unpaired) electrons. The number of pyridine rings is 1. The summed E-state index contributed by atoms with van der Waals surface area (Å²) in [4.78, 5) is 26.4.